The summed E-state index contributed by atoms with van der Waals surface area (Å²) in [6.07, 6.45) is 0. The van der Waals surface area contributed by atoms with Crippen molar-refractivity contribution < 1.29 is 9.90 Å². The molecular formula is C21H23N3O2. The quantitative estimate of drug-likeness (QED) is 0.408. The third-order valence-corrected chi connectivity index (χ3v) is 4.42. The van der Waals surface area contributed by atoms with Gasteiger partial charge in [-0.15, -0.1) is 0 Å². The Morgan fingerprint density at radius 3 is 2.54 bits per heavy atom. The molecule has 0 fully saturated rings. The van der Waals surface area contributed by atoms with E-state index in [1.165, 1.54) is 0 Å². The number of aromatic hydroxyl groups is 1. The molecule has 3 rings (SSSR count). The maximum atomic E-state index is 12.8. The molecule has 5 heteroatoms. The molecule has 0 radical (unpaired) electrons. The van der Waals surface area contributed by atoms with Crippen LogP contribution in [0.15, 0.2) is 48.5 Å². The Hall–Kier alpha value is -3.05. The van der Waals surface area contributed by atoms with Crippen LogP contribution in [0.2, 0.25) is 0 Å². The molecule has 5 nitrogen and oxygen atoms in total. The van der Waals surface area contributed by atoms with Crippen molar-refractivity contribution in [1.29, 1.82) is 0 Å². The summed E-state index contributed by atoms with van der Waals surface area (Å²) < 4.78 is 0. The molecule has 134 valence electrons. The largest absolute Gasteiger partial charge is 0.505 e. The summed E-state index contributed by atoms with van der Waals surface area (Å²) in [6.45, 7) is 6.64. The van der Waals surface area contributed by atoms with Gasteiger partial charge in [0, 0.05) is 17.6 Å². The molecule has 0 unspecified atom stereocenters. The number of carbonyl (C=O) groups excluding carboxylic acids is 1. The van der Waals surface area contributed by atoms with E-state index < -0.39 is 0 Å². The number of hydrogen-bond acceptors (Lipinski definition) is 4. The maximum absolute atomic E-state index is 12.8. The van der Waals surface area contributed by atoms with Crippen LogP contribution in [0.5, 0.6) is 5.75 Å². The van der Waals surface area contributed by atoms with Gasteiger partial charge in [0.25, 0.3) is 5.91 Å². The molecular weight excluding hydrogens is 326 g/mol. The minimum absolute atomic E-state index is 0.0778. The van der Waals surface area contributed by atoms with E-state index in [1.54, 1.807) is 6.07 Å². The van der Waals surface area contributed by atoms with E-state index in [2.05, 4.69) is 16.2 Å². The smallest absolute Gasteiger partial charge is 0.259 e. The van der Waals surface area contributed by atoms with E-state index in [-0.39, 0.29) is 17.2 Å². The number of rotatable bonds is 5. The highest BCUT2D eigenvalue weighted by molar-refractivity contribution is 6.12. The summed E-state index contributed by atoms with van der Waals surface area (Å²) in [5, 5.41) is 15.3. The van der Waals surface area contributed by atoms with Gasteiger partial charge in [-0.3, -0.25) is 4.79 Å². The fourth-order valence-electron chi connectivity index (χ4n) is 2.83. The van der Waals surface area contributed by atoms with Crippen LogP contribution in [0, 0.1) is 13.8 Å². The minimum atomic E-state index is -0.351. The molecule has 1 amide bonds. The van der Waals surface area contributed by atoms with E-state index in [1.807, 2.05) is 63.2 Å². The Bertz CT molecular complexity index is 967. The summed E-state index contributed by atoms with van der Waals surface area (Å²) in [6, 6.07) is 15.1. The second-order valence-corrected chi connectivity index (χ2v) is 6.28. The zero-order valence-corrected chi connectivity index (χ0v) is 15.2. The number of anilines is 2. The fraction of sp³-hybridized carbons (Fsp3) is 0.190. The van der Waals surface area contributed by atoms with Crippen molar-refractivity contribution in [3.8, 4) is 5.75 Å². The van der Waals surface area contributed by atoms with Gasteiger partial charge < -0.3 is 15.8 Å². The lowest BCUT2D eigenvalue weighted by Gasteiger charge is -2.16. The van der Waals surface area contributed by atoms with Crippen molar-refractivity contribution in [3.05, 3.63) is 65.2 Å². The number of hydrazine groups is 1. The fourth-order valence-corrected chi connectivity index (χ4v) is 2.83. The van der Waals surface area contributed by atoms with Crippen LogP contribution < -0.4 is 16.2 Å². The van der Waals surface area contributed by atoms with Crippen molar-refractivity contribution in [3.63, 3.8) is 0 Å². The average molecular weight is 349 g/mol. The standard InChI is InChI=1S/C21H23N3O2/c1-4-22-24-19-17-8-6-5-7-15(17)12-18(20(19)25)21(26)23-16-10-9-13(2)14(3)11-16/h5-12,22,24-25H,4H2,1-3H3,(H,23,26). The topological polar surface area (TPSA) is 73.4 Å². The van der Waals surface area contributed by atoms with Gasteiger partial charge in [-0.1, -0.05) is 37.3 Å². The molecule has 0 aliphatic heterocycles. The number of nitrogens with one attached hydrogen (secondary N) is 3. The molecule has 0 aliphatic rings. The predicted molar refractivity (Wildman–Crippen MR) is 107 cm³/mol. The van der Waals surface area contributed by atoms with Gasteiger partial charge in [-0.25, -0.2) is 5.43 Å². The van der Waals surface area contributed by atoms with Crippen molar-refractivity contribution in [1.82, 2.24) is 5.43 Å². The first-order chi connectivity index (χ1) is 12.5. The van der Waals surface area contributed by atoms with Gasteiger partial charge in [-0.05, 0) is 48.6 Å². The summed E-state index contributed by atoms with van der Waals surface area (Å²) in [7, 11) is 0. The van der Waals surface area contributed by atoms with Crippen molar-refractivity contribution in [2.24, 2.45) is 0 Å². The number of phenols is 1. The first kappa shape index (κ1) is 17.8. The zero-order chi connectivity index (χ0) is 18.7. The second-order valence-electron chi connectivity index (χ2n) is 6.28. The summed E-state index contributed by atoms with van der Waals surface area (Å²) >= 11 is 0. The van der Waals surface area contributed by atoms with Gasteiger partial charge in [0.15, 0.2) is 5.75 Å². The second kappa shape index (κ2) is 7.45. The molecule has 0 spiro atoms. The molecule has 0 heterocycles. The Morgan fingerprint density at radius 2 is 1.81 bits per heavy atom. The van der Waals surface area contributed by atoms with Gasteiger partial charge in [0.05, 0.1) is 11.3 Å². The molecule has 3 aromatic carbocycles. The van der Waals surface area contributed by atoms with E-state index in [9.17, 15) is 9.90 Å². The Morgan fingerprint density at radius 1 is 1.04 bits per heavy atom. The van der Waals surface area contributed by atoms with Gasteiger partial charge in [0.2, 0.25) is 0 Å². The number of fused-ring (bicyclic) bond motifs is 1. The lowest BCUT2D eigenvalue weighted by molar-refractivity contribution is 0.102. The Kier molecular flexibility index (Phi) is 5.09. The van der Waals surface area contributed by atoms with E-state index in [0.29, 0.717) is 17.9 Å². The Balaban J connectivity index is 2.01. The number of phenolic OH excluding ortho intramolecular Hbond substituents is 1. The van der Waals surface area contributed by atoms with E-state index in [4.69, 9.17) is 0 Å². The highest BCUT2D eigenvalue weighted by Gasteiger charge is 2.18. The highest BCUT2D eigenvalue weighted by atomic mass is 16.3. The summed E-state index contributed by atoms with van der Waals surface area (Å²) in [4.78, 5) is 12.8. The summed E-state index contributed by atoms with van der Waals surface area (Å²) in [5.41, 5.74) is 9.67. The number of carbonyl (C=O) groups is 1. The molecule has 0 atom stereocenters. The van der Waals surface area contributed by atoms with Crippen LogP contribution in [-0.2, 0) is 0 Å². The number of benzene rings is 3. The molecule has 0 saturated carbocycles. The first-order valence-corrected chi connectivity index (χ1v) is 8.63. The van der Waals surface area contributed by atoms with Gasteiger partial charge >= 0.3 is 0 Å². The molecule has 0 bridgehead atoms. The monoisotopic (exact) mass is 349 g/mol. The maximum Gasteiger partial charge on any atom is 0.259 e. The van der Waals surface area contributed by atoms with E-state index in [0.717, 1.165) is 21.9 Å². The minimum Gasteiger partial charge on any atom is -0.505 e. The molecule has 26 heavy (non-hydrogen) atoms. The van der Waals surface area contributed by atoms with Crippen molar-refractivity contribution in [2.45, 2.75) is 20.8 Å². The molecule has 3 aromatic rings. The van der Waals surface area contributed by atoms with Crippen LogP contribution >= 0.6 is 0 Å². The molecule has 0 aromatic heterocycles. The molecule has 4 N–H and O–H groups in total. The van der Waals surface area contributed by atoms with Crippen LogP contribution in [-0.4, -0.2) is 17.6 Å². The molecule has 0 aliphatic carbocycles. The Labute approximate surface area is 153 Å². The highest BCUT2D eigenvalue weighted by Crippen LogP contribution is 2.36. The first-order valence-electron chi connectivity index (χ1n) is 8.63. The van der Waals surface area contributed by atoms with Crippen LogP contribution in [0.3, 0.4) is 0 Å². The number of hydrogen-bond donors (Lipinski definition) is 4. The summed E-state index contributed by atoms with van der Waals surface area (Å²) in [5.74, 6) is -0.429. The lowest BCUT2D eigenvalue weighted by atomic mass is 10.0. The van der Waals surface area contributed by atoms with Gasteiger partial charge in [-0.2, -0.15) is 0 Å². The number of amides is 1. The van der Waals surface area contributed by atoms with E-state index >= 15 is 0 Å². The zero-order valence-electron chi connectivity index (χ0n) is 15.2. The van der Waals surface area contributed by atoms with Gasteiger partial charge in [0.1, 0.15) is 0 Å². The number of aryl methyl sites for hydroxylation is 2. The van der Waals surface area contributed by atoms with Crippen LogP contribution in [0.25, 0.3) is 10.8 Å². The predicted octanol–water partition coefficient (Wildman–Crippen LogP) is 4.35. The average Bonchev–Trinajstić information content (AvgIpc) is 2.63. The van der Waals surface area contributed by atoms with Crippen molar-refractivity contribution >= 4 is 28.1 Å². The van der Waals surface area contributed by atoms with Crippen LogP contribution in [0.1, 0.15) is 28.4 Å². The third-order valence-electron chi connectivity index (χ3n) is 4.42. The normalized spacial score (nSPS) is 10.7. The lowest BCUT2D eigenvalue weighted by Crippen LogP contribution is -2.21. The van der Waals surface area contributed by atoms with Crippen LogP contribution in [0.4, 0.5) is 11.4 Å². The SMILES string of the molecule is CCNNc1c(O)c(C(=O)Nc2ccc(C)c(C)c2)cc2ccccc12. The third kappa shape index (κ3) is 3.48. The van der Waals surface area contributed by atoms with Crippen molar-refractivity contribution in [2.75, 3.05) is 17.3 Å². The molecule has 0 saturated heterocycles.